The lowest BCUT2D eigenvalue weighted by Crippen LogP contribution is -2.20. The Kier molecular flexibility index (Phi) is 4.08. The van der Waals surface area contributed by atoms with Crippen LogP contribution in [0.3, 0.4) is 0 Å². The summed E-state index contributed by atoms with van der Waals surface area (Å²) in [5.74, 6) is 1.18. The molecule has 27 heavy (non-hydrogen) atoms. The number of fused-ring (bicyclic) bond motifs is 3. The molecular formula is C19H16N4O4. The fourth-order valence-electron chi connectivity index (χ4n) is 2.94. The number of aromatic nitrogens is 4. The van der Waals surface area contributed by atoms with Crippen LogP contribution >= 0.6 is 0 Å². The van der Waals surface area contributed by atoms with E-state index >= 15 is 0 Å². The van der Waals surface area contributed by atoms with E-state index in [1.807, 2.05) is 18.2 Å². The largest absolute Gasteiger partial charge is 0.486 e. The molecule has 0 amide bonds. The van der Waals surface area contributed by atoms with Crippen LogP contribution in [0.25, 0.3) is 16.7 Å². The van der Waals surface area contributed by atoms with E-state index in [1.165, 1.54) is 11.7 Å². The molecule has 2 heterocycles. The van der Waals surface area contributed by atoms with Gasteiger partial charge in [0.25, 0.3) is 5.56 Å². The van der Waals surface area contributed by atoms with Gasteiger partial charge >= 0.3 is 5.97 Å². The van der Waals surface area contributed by atoms with Gasteiger partial charge < -0.3 is 9.47 Å². The average Bonchev–Trinajstić information content (AvgIpc) is 3.14. The summed E-state index contributed by atoms with van der Waals surface area (Å²) in [6.07, 6.45) is 0. The maximum Gasteiger partial charge on any atom is 0.337 e. The molecule has 2 aromatic carbocycles. The van der Waals surface area contributed by atoms with Gasteiger partial charge in [-0.25, -0.2) is 4.79 Å². The molecule has 4 rings (SSSR count). The van der Waals surface area contributed by atoms with Crippen molar-refractivity contribution in [3.63, 3.8) is 0 Å². The highest BCUT2D eigenvalue weighted by Gasteiger charge is 2.15. The molecule has 0 spiro atoms. The summed E-state index contributed by atoms with van der Waals surface area (Å²) < 4.78 is 13.7. The van der Waals surface area contributed by atoms with E-state index in [9.17, 15) is 9.59 Å². The number of carbonyl (C=O) groups excluding carboxylic acids is 1. The van der Waals surface area contributed by atoms with E-state index in [4.69, 9.17) is 4.74 Å². The number of benzene rings is 2. The molecular weight excluding hydrogens is 348 g/mol. The summed E-state index contributed by atoms with van der Waals surface area (Å²) >= 11 is 0. The monoisotopic (exact) mass is 364 g/mol. The van der Waals surface area contributed by atoms with Crippen LogP contribution in [0.5, 0.6) is 5.75 Å². The Morgan fingerprint density at radius 3 is 2.56 bits per heavy atom. The SMILES string of the molecule is COC(=O)c1ccc(OCc2nnc3n(C)c(=O)c4ccccc4n23)cc1. The summed E-state index contributed by atoms with van der Waals surface area (Å²) in [5.41, 5.74) is 1.04. The Hall–Kier alpha value is -3.68. The molecule has 0 saturated heterocycles. The van der Waals surface area contributed by atoms with Crippen molar-refractivity contribution in [2.45, 2.75) is 6.61 Å². The summed E-state index contributed by atoms with van der Waals surface area (Å²) in [5, 5.41) is 8.88. The molecule has 4 aromatic rings. The van der Waals surface area contributed by atoms with Gasteiger partial charge in [-0.1, -0.05) is 12.1 Å². The predicted octanol–water partition coefficient (Wildman–Crippen LogP) is 1.95. The van der Waals surface area contributed by atoms with E-state index in [-0.39, 0.29) is 12.2 Å². The van der Waals surface area contributed by atoms with Gasteiger partial charge in [0.2, 0.25) is 5.78 Å². The Labute approximate surface area is 153 Å². The zero-order valence-corrected chi connectivity index (χ0v) is 14.7. The molecule has 0 aliphatic carbocycles. The minimum Gasteiger partial charge on any atom is -0.486 e. The lowest BCUT2D eigenvalue weighted by atomic mass is 10.2. The molecule has 136 valence electrons. The average molecular weight is 364 g/mol. The van der Waals surface area contributed by atoms with Crippen LogP contribution in [-0.4, -0.2) is 32.2 Å². The van der Waals surface area contributed by atoms with E-state index in [0.717, 1.165) is 5.52 Å². The molecule has 8 heteroatoms. The lowest BCUT2D eigenvalue weighted by Gasteiger charge is -2.09. The zero-order valence-electron chi connectivity index (χ0n) is 14.7. The Morgan fingerprint density at radius 1 is 1.07 bits per heavy atom. The van der Waals surface area contributed by atoms with Gasteiger partial charge in [0.05, 0.1) is 23.6 Å². The van der Waals surface area contributed by atoms with Gasteiger partial charge in [-0.2, -0.15) is 0 Å². The molecule has 0 atom stereocenters. The van der Waals surface area contributed by atoms with E-state index < -0.39 is 5.97 Å². The number of nitrogens with zero attached hydrogens (tertiary/aromatic N) is 4. The Morgan fingerprint density at radius 2 is 1.81 bits per heavy atom. The molecule has 0 bridgehead atoms. The fraction of sp³-hybridized carbons (Fsp3) is 0.158. The Bertz CT molecular complexity index is 1210. The van der Waals surface area contributed by atoms with Gasteiger partial charge in [-0.05, 0) is 36.4 Å². The predicted molar refractivity (Wildman–Crippen MR) is 97.8 cm³/mol. The van der Waals surface area contributed by atoms with E-state index in [0.29, 0.717) is 28.3 Å². The third-order valence-electron chi connectivity index (χ3n) is 4.34. The smallest absolute Gasteiger partial charge is 0.337 e. The van der Waals surface area contributed by atoms with Crippen LogP contribution in [0.15, 0.2) is 53.3 Å². The van der Waals surface area contributed by atoms with Gasteiger partial charge in [0.1, 0.15) is 12.4 Å². The van der Waals surface area contributed by atoms with Crippen molar-refractivity contribution in [1.82, 2.24) is 19.2 Å². The van der Waals surface area contributed by atoms with Crippen LogP contribution in [-0.2, 0) is 18.4 Å². The normalized spacial score (nSPS) is 11.0. The van der Waals surface area contributed by atoms with Crippen molar-refractivity contribution < 1.29 is 14.3 Å². The van der Waals surface area contributed by atoms with Gasteiger partial charge in [-0.15, -0.1) is 10.2 Å². The first kappa shape index (κ1) is 16.8. The maximum absolute atomic E-state index is 12.5. The summed E-state index contributed by atoms with van der Waals surface area (Å²) in [6, 6.07) is 13.9. The van der Waals surface area contributed by atoms with Crippen molar-refractivity contribution >= 4 is 22.6 Å². The number of ether oxygens (including phenoxy) is 2. The number of carbonyl (C=O) groups is 1. The highest BCUT2D eigenvalue weighted by molar-refractivity contribution is 5.89. The number of esters is 1. The fourth-order valence-corrected chi connectivity index (χ4v) is 2.94. The number of hydrogen-bond donors (Lipinski definition) is 0. The Balaban J connectivity index is 1.69. The minimum atomic E-state index is -0.405. The molecule has 0 fully saturated rings. The highest BCUT2D eigenvalue weighted by atomic mass is 16.5. The van der Waals surface area contributed by atoms with Crippen molar-refractivity contribution in [2.75, 3.05) is 7.11 Å². The number of rotatable bonds is 4. The van der Waals surface area contributed by atoms with Gasteiger partial charge in [0, 0.05) is 7.05 Å². The van der Waals surface area contributed by atoms with Crippen LogP contribution in [0, 0.1) is 0 Å². The molecule has 0 unspecified atom stereocenters. The summed E-state index contributed by atoms with van der Waals surface area (Å²) in [4.78, 5) is 23.9. The quantitative estimate of drug-likeness (QED) is 0.514. The van der Waals surface area contributed by atoms with Crippen molar-refractivity contribution in [2.24, 2.45) is 7.05 Å². The van der Waals surface area contributed by atoms with Crippen LogP contribution in [0.1, 0.15) is 16.2 Å². The molecule has 0 aliphatic heterocycles. The van der Waals surface area contributed by atoms with Crippen LogP contribution in [0.4, 0.5) is 0 Å². The number of aryl methyl sites for hydroxylation is 1. The first-order valence-electron chi connectivity index (χ1n) is 8.23. The third kappa shape index (κ3) is 2.80. The number of methoxy groups -OCH3 is 1. The molecule has 0 N–H and O–H groups in total. The minimum absolute atomic E-state index is 0.128. The first-order valence-corrected chi connectivity index (χ1v) is 8.23. The number of hydrogen-bond acceptors (Lipinski definition) is 6. The second-order valence-corrected chi connectivity index (χ2v) is 5.94. The van der Waals surface area contributed by atoms with Gasteiger partial charge in [-0.3, -0.25) is 13.8 Å². The van der Waals surface area contributed by atoms with Crippen molar-refractivity contribution in [3.05, 3.63) is 70.3 Å². The topological polar surface area (TPSA) is 87.7 Å². The second kappa shape index (κ2) is 6.56. The van der Waals surface area contributed by atoms with Gasteiger partial charge in [0.15, 0.2) is 5.82 Å². The molecule has 0 radical (unpaired) electrons. The van der Waals surface area contributed by atoms with Crippen molar-refractivity contribution in [3.8, 4) is 5.75 Å². The zero-order chi connectivity index (χ0) is 19.0. The van der Waals surface area contributed by atoms with E-state index in [1.54, 1.807) is 41.8 Å². The second-order valence-electron chi connectivity index (χ2n) is 5.94. The summed E-state index contributed by atoms with van der Waals surface area (Å²) in [7, 11) is 3.00. The summed E-state index contributed by atoms with van der Waals surface area (Å²) in [6.45, 7) is 0.154. The maximum atomic E-state index is 12.5. The van der Waals surface area contributed by atoms with E-state index in [2.05, 4.69) is 14.9 Å². The van der Waals surface area contributed by atoms with Crippen LogP contribution in [0.2, 0.25) is 0 Å². The standard InChI is InChI=1S/C19H16N4O4/c1-22-17(24)14-5-3-4-6-15(14)23-16(20-21-19(22)23)11-27-13-9-7-12(8-10-13)18(25)26-2/h3-10H,11H2,1-2H3. The molecule has 2 aromatic heterocycles. The lowest BCUT2D eigenvalue weighted by molar-refractivity contribution is 0.0600. The molecule has 8 nitrogen and oxygen atoms in total. The molecule has 0 aliphatic rings. The highest BCUT2D eigenvalue weighted by Crippen LogP contribution is 2.17. The molecule has 0 saturated carbocycles. The van der Waals surface area contributed by atoms with Crippen LogP contribution < -0.4 is 10.3 Å². The third-order valence-corrected chi connectivity index (χ3v) is 4.34. The number of para-hydroxylation sites is 1. The first-order chi connectivity index (χ1) is 13.1. The van der Waals surface area contributed by atoms with Crippen molar-refractivity contribution in [1.29, 1.82) is 0 Å².